The molecule has 2 aliphatic heterocycles. The summed E-state index contributed by atoms with van der Waals surface area (Å²) in [6.07, 6.45) is 103. The highest BCUT2D eigenvalue weighted by molar-refractivity contribution is 5.89. The summed E-state index contributed by atoms with van der Waals surface area (Å²) in [5, 5.41) is 0. The molecule has 6 rings (SSSR count). The normalized spacial score (nSPS) is 12.2. The van der Waals surface area contributed by atoms with Gasteiger partial charge in [0.15, 0.2) is 0 Å². The van der Waals surface area contributed by atoms with Crippen LogP contribution in [0.25, 0.3) is 57.6 Å². The lowest BCUT2D eigenvalue weighted by Gasteiger charge is -2.23. The van der Waals surface area contributed by atoms with Gasteiger partial charge in [-0.25, -0.2) is 9.97 Å². The highest BCUT2D eigenvalue weighted by Gasteiger charge is 2.25. The third-order valence-electron chi connectivity index (χ3n) is 23.2. The van der Waals surface area contributed by atoms with Crippen LogP contribution in [0.3, 0.4) is 0 Å². The van der Waals surface area contributed by atoms with E-state index < -0.39 is 0 Å². The van der Waals surface area contributed by atoms with Crippen molar-refractivity contribution in [1.82, 2.24) is 24.9 Å². The van der Waals surface area contributed by atoms with E-state index in [9.17, 15) is 0 Å². The number of fused-ring (bicyclic) bond motifs is 8. The standard InChI is InChI=1S/C97H161N5/c1-5-9-13-17-21-25-29-33-37-41-45-49-53-57-61-65-69-90-91(70-66-62-58-54-50-46-42-38-34-30-26-22-18-14-10-6-2)93(72-68-64-60-56-52-48-44-40-36-32-28-24-20-16-12-8-4)102-97(92(90)71-67-63-59-55-51-47-43-39-35-31-27-23-19-15-11-7-3)96-94-79-77-88(100-94)82-86-75-73-84(98-86)81-85-74-76-87(99-85)83-89-78-80-95(96)101-89/h73-83,98-99H,5-72H2,1-4H3. The Kier molecular flexibility index (Phi) is 50.8. The Morgan fingerprint density at radius 2 is 0.441 bits per heavy atom. The van der Waals surface area contributed by atoms with Crippen LogP contribution in [0.1, 0.15) is 484 Å². The van der Waals surface area contributed by atoms with Crippen LogP contribution in [0.5, 0.6) is 0 Å². The molecular formula is C97H161N5. The van der Waals surface area contributed by atoms with Gasteiger partial charge in [0.05, 0.1) is 34.0 Å². The first-order chi connectivity index (χ1) is 50.6. The molecule has 0 radical (unpaired) electrons. The lowest BCUT2D eigenvalue weighted by atomic mass is 9.85. The SMILES string of the molecule is CCCCCCCCCCCCCCCCCCc1nc(-c2c3nc(cc4ccc(cc5ccc(cc6nc2C=C6)[nH]5)[nH]4)C=C3)c(CCCCCCCCCCCCCCCCCC)c(CCCCCCCCCCCCCCCCCC)c1CCCCCCCCCCCCCCCCCC. The first-order valence-corrected chi connectivity index (χ1v) is 45.7. The number of aromatic nitrogens is 5. The average Bonchev–Trinajstić information content (AvgIpc) is 1.29. The maximum atomic E-state index is 6.24. The second-order valence-electron chi connectivity index (χ2n) is 32.6. The number of nitrogens with one attached hydrogen (secondary N) is 2. The molecule has 5 nitrogen and oxygen atoms in total. The largest absolute Gasteiger partial charge is 0.355 e. The average molecular weight is 1400 g/mol. The van der Waals surface area contributed by atoms with E-state index in [1.54, 1.807) is 11.1 Å². The fourth-order valence-electron chi connectivity index (χ4n) is 16.7. The molecule has 0 saturated carbocycles. The maximum Gasteiger partial charge on any atom is 0.0783 e. The van der Waals surface area contributed by atoms with Crippen LogP contribution in [0.4, 0.5) is 0 Å². The van der Waals surface area contributed by atoms with Crippen molar-refractivity contribution in [2.24, 2.45) is 0 Å². The first-order valence-electron chi connectivity index (χ1n) is 45.7. The highest BCUT2D eigenvalue weighted by Crippen LogP contribution is 2.39. The molecule has 5 heteroatoms. The van der Waals surface area contributed by atoms with E-state index in [-0.39, 0.29) is 0 Å². The van der Waals surface area contributed by atoms with Gasteiger partial charge < -0.3 is 9.97 Å². The van der Waals surface area contributed by atoms with Crippen LogP contribution < -0.4 is 0 Å². The molecule has 0 spiro atoms. The van der Waals surface area contributed by atoms with E-state index in [2.05, 4.69) is 104 Å². The van der Waals surface area contributed by atoms with Gasteiger partial charge in [-0.15, -0.1) is 0 Å². The molecule has 8 bridgehead atoms. The summed E-state index contributed by atoms with van der Waals surface area (Å²) in [4.78, 5) is 24.7. The Balaban J connectivity index is 1.26. The molecule has 0 saturated heterocycles. The molecule has 574 valence electrons. The topological polar surface area (TPSA) is 70.2 Å². The molecule has 0 aromatic carbocycles. The third kappa shape index (κ3) is 39.4. The number of hydrogen-bond donors (Lipinski definition) is 2. The number of rotatable bonds is 69. The fourth-order valence-corrected chi connectivity index (χ4v) is 16.7. The van der Waals surface area contributed by atoms with Crippen molar-refractivity contribution in [3.05, 3.63) is 87.6 Å². The second kappa shape index (κ2) is 59.8. The van der Waals surface area contributed by atoms with Gasteiger partial charge in [0.25, 0.3) is 0 Å². The number of nitrogens with zero attached hydrogens (tertiary/aromatic N) is 3. The summed E-state index contributed by atoms with van der Waals surface area (Å²) in [5.41, 5.74) is 16.9. The van der Waals surface area contributed by atoms with Gasteiger partial charge in [0.1, 0.15) is 0 Å². The summed E-state index contributed by atoms with van der Waals surface area (Å²) in [6.45, 7) is 9.32. The van der Waals surface area contributed by atoms with E-state index in [0.29, 0.717) is 0 Å². The maximum absolute atomic E-state index is 6.24. The lowest BCUT2D eigenvalue weighted by Crippen LogP contribution is -2.12. The molecule has 0 amide bonds. The number of H-pyrrole nitrogens is 2. The smallest absolute Gasteiger partial charge is 0.0783 e. The van der Waals surface area contributed by atoms with E-state index in [1.165, 1.54) is 434 Å². The van der Waals surface area contributed by atoms with Gasteiger partial charge in [-0.05, 0) is 135 Å². The summed E-state index contributed by atoms with van der Waals surface area (Å²) in [7, 11) is 0. The van der Waals surface area contributed by atoms with Crippen molar-refractivity contribution in [3.8, 4) is 11.3 Å². The van der Waals surface area contributed by atoms with E-state index in [1.807, 2.05) is 0 Å². The Morgan fingerprint density at radius 3 is 0.716 bits per heavy atom. The fraction of sp³-hybridized carbons (Fsp3) is 0.742. The van der Waals surface area contributed by atoms with Crippen molar-refractivity contribution in [2.75, 3.05) is 0 Å². The number of aryl methyl sites for hydroxylation is 1. The second-order valence-corrected chi connectivity index (χ2v) is 32.6. The number of aromatic amines is 2. The van der Waals surface area contributed by atoms with Crippen LogP contribution in [0.2, 0.25) is 0 Å². The van der Waals surface area contributed by atoms with Crippen molar-refractivity contribution in [2.45, 2.75) is 464 Å². The number of hydrogen-bond acceptors (Lipinski definition) is 3. The number of unbranched alkanes of at least 4 members (excludes halogenated alkanes) is 60. The van der Waals surface area contributed by atoms with Crippen molar-refractivity contribution < 1.29 is 0 Å². The summed E-state index contributed by atoms with van der Waals surface area (Å²) < 4.78 is 0. The highest BCUT2D eigenvalue weighted by atomic mass is 14.8. The monoisotopic (exact) mass is 1400 g/mol. The molecule has 102 heavy (non-hydrogen) atoms. The Bertz CT molecular complexity index is 2800. The van der Waals surface area contributed by atoms with E-state index in [0.717, 1.165) is 69.7 Å². The van der Waals surface area contributed by atoms with Crippen LogP contribution in [-0.2, 0) is 25.7 Å². The van der Waals surface area contributed by atoms with Crippen molar-refractivity contribution in [3.63, 3.8) is 0 Å². The third-order valence-corrected chi connectivity index (χ3v) is 23.2. The van der Waals surface area contributed by atoms with Crippen LogP contribution in [0, 0.1) is 0 Å². The zero-order valence-corrected chi connectivity index (χ0v) is 67.8. The molecule has 4 aromatic heterocycles. The molecule has 2 aliphatic rings. The van der Waals surface area contributed by atoms with Crippen molar-refractivity contribution >= 4 is 46.4 Å². The quantitative estimate of drug-likeness (QED) is 0.0374. The zero-order chi connectivity index (χ0) is 71.5. The van der Waals surface area contributed by atoms with Gasteiger partial charge >= 0.3 is 0 Å². The Labute approximate surface area is 630 Å². The minimum absolute atomic E-state index is 0.977. The predicted molar refractivity (Wildman–Crippen MR) is 455 cm³/mol. The molecular weight excluding hydrogens is 1240 g/mol. The van der Waals surface area contributed by atoms with Gasteiger partial charge in [-0.2, -0.15) is 0 Å². The van der Waals surface area contributed by atoms with Gasteiger partial charge in [0.2, 0.25) is 0 Å². The molecule has 6 heterocycles. The van der Waals surface area contributed by atoms with Gasteiger partial charge in [-0.1, -0.05) is 413 Å². The molecule has 0 fully saturated rings. The molecule has 2 N–H and O–H groups in total. The van der Waals surface area contributed by atoms with E-state index >= 15 is 0 Å². The van der Waals surface area contributed by atoms with Crippen LogP contribution >= 0.6 is 0 Å². The minimum Gasteiger partial charge on any atom is -0.355 e. The minimum atomic E-state index is 0.977. The van der Waals surface area contributed by atoms with Crippen LogP contribution in [-0.4, -0.2) is 24.9 Å². The van der Waals surface area contributed by atoms with Crippen molar-refractivity contribution in [1.29, 1.82) is 0 Å². The molecule has 0 unspecified atom stereocenters. The summed E-state index contributed by atoms with van der Waals surface area (Å²) in [5.74, 6) is 0. The Hall–Kier alpha value is -4.25. The summed E-state index contributed by atoms with van der Waals surface area (Å²) >= 11 is 0. The molecule has 4 aromatic rings. The predicted octanol–water partition coefficient (Wildman–Crippen LogP) is 32.9. The van der Waals surface area contributed by atoms with E-state index in [4.69, 9.17) is 15.0 Å². The zero-order valence-electron chi connectivity index (χ0n) is 67.8. The van der Waals surface area contributed by atoms with Crippen LogP contribution in [0.15, 0.2) is 42.5 Å². The molecule has 0 atom stereocenters. The Morgan fingerprint density at radius 1 is 0.216 bits per heavy atom. The first kappa shape index (κ1) is 86.7. The lowest BCUT2D eigenvalue weighted by molar-refractivity contribution is 0.526. The number of pyridine rings is 1. The van der Waals surface area contributed by atoms with Gasteiger partial charge in [0, 0.05) is 27.8 Å². The molecule has 0 aliphatic carbocycles. The summed E-state index contributed by atoms with van der Waals surface area (Å²) in [6, 6.07) is 15.4. The van der Waals surface area contributed by atoms with Gasteiger partial charge in [-0.3, -0.25) is 4.98 Å².